The first-order valence-corrected chi connectivity index (χ1v) is 9.02. The average Bonchev–Trinajstić information content (AvgIpc) is 3.18. The quantitative estimate of drug-likeness (QED) is 0.235. The van der Waals surface area contributed by atoms with Gasteiger partial charge in [-0.05, 0) is 6.07 Å². The number of halogens is 2. The summed E-state index contributed by atoms with van der Waals surface area (Å²) in [5.74, 6) is -3.02. The Morgan fingerprint density at radius 2 is 1.93 bits per heavy atom. The van der Waals surface area contributed by atoms with Gasteiger partial charge in [-0.3, -0.25) is 9.59 Å². The van der Waals surface area contributed by atoms with E-state index in [0.29, 0.717) is 10.4 Å². The van der Waals surface area contributed by atoms with E-state index < -0.39 is 31.5 Å². The second-order valence-corrected chi connectivity index (χ2v) is 6.82. The Balaban J connectivity index is 0.00000182. The van der Waals surface area contributed by atoms with Crippen molar-refractivity contribution < 1.29 is 87.3 Å². The minimum atomic E-state index is -3.27. The van der Waals surface area contributed by atoms with E-state index in [2.05, 4.69) is 4.98 Å². The minimum absolute atomic E-state index is 0. The molecule has 0 aliphatic carbocycles. The van der Waals surface area contributed by atoms with Crippen LogP contribution in [0.5, 0.6) is 0 Å². The summed E-state index contributed by atoms with van der Waals surface area (Å²) in [6, 6.07) is 1.42. The topological polar surface area (TPSA) is 98.1 Å². The van der Waals surface area contributed by atoms with Gasteiger partial charge < -0.3 is 14.1 Å². The predicted molar refractivity (Wildman–Crippen MR) is 84.3 cm³/mol. The van der Waals surface area contributed by atoms with Crippen LogP contribution in [0, 0.1) is 11.6 Å². The van der Waals surface area contributed by atoms with Crippen LogP contribution < -0.4 is 68.9 Å². The molecule has 3 aromatic rings. The third-order valence-corrected chi connectivity index (χ3v) is 5.03. The van der Waals surface area contributed by atoms with E-state index in [1.165, 1.54) is 5.38 Å². The van der Waals surface area contributed by atoms with Gasteiger partial charge in [0.15, 0.2) is 16.6 Å². The summed E-state index contributed by atoms with van der Waals surface area (Å²) in [7, 11) is -3.27. The van der Waals surface area contributed by atoms with Gasteiger partial charge in [-0.25, -0.2) is 13.8 Å². The van der Waals surface area contributed by atoms with Crippen molar-refractivity contribution in [2.75, 3.05) is 0 Å². The molecular weight excluding hydrogens is 419 g/mol. The molecule has 0 saturated carbocycles. The summed E-state index contributed by atoms with van der Waals surface area (Å²) in [4.78, 5) is 50.8. The van der Waals surface area contributed by atoms with Crippen LogP contribution in [0.1, 0.15) is 39.2 Å². The third kappa shape index (κ3) is 4.93. The molecule has 0 aliphatic heterocycles. The maximum atomic E-state index is 14.0. The monoisotopic (exact) mass is 428 g/mol. The van der Waals surface area contributed by atoms with Crippen molar-refractivity contribution >= 4 is 42.3 Å². The molecule has 12 heteroatoms. The number of fused-ring (bicyclic) bond motifs is 1. The van der Waals surface area contributed by atoms with Crippen molar-refractivity contribution in [2.24, 2.45) is 0 Å². The molecule has 0 saturated heterocycles. The first kappa shape index (κ1) is 25.0. The van der Waals surface area contributed by atoms with E-state index in [-0.39, 0.29) is 93.0 Å². The molecule has 0 radical (unpaired) electrons. The van der Waals surface area contributed by atoms with Crippen LogP contribution in [0.25, 0.3) is 10.9 Å². The van der Waals surface area contributed by atoms with Gasteiger partial charge in [0.05, 0.1) is 11.1 Å². The van der Waals surface area contributed by atoms with E-state index >= 15 is 0 Å². The largest absolute Gasteiger partial charge is 1.00 e. The van der Waals surface area contributed by atoms with Gasteiger partial charge in [0, 0.05) is 29.5 Å². The molecule has 0 amide bonds. The number of hydrogen-bond donors (Lipinski definition) is 0. The van der Waals surface area contributed by atoms with Crippen molar-refractivity contribution in [1.29, 1.82) is 0 Å². The smallest absolute Gasteiger partial charge is 0.825 e. The van der Waals surface area contributed by atoms with E-state index in [1.54, 1.807) is 6.92 Å². The van der Waals surface area contributed by atoms with Crippen LogP contribution in [0.2, 0.25) is 0 Å². The average molecular weight is 428 g/mol. The predicted octanol–water partition coefficient (Wildman–Crippen LogP) is -4.00. The van der Waals surface area contributed by atoms with Gasteiger partial charge in [-0.2, -0.15) is 8.53 Å². The number of benzene rings is 1. The molecular formula is C15H9F2N2Na2O4PS. The molecule has 130 valence electrons. The summed E-state index contributed by atoms with van der Waals surface area (Å²) < 4.78 is 28.1. The summed E-state index contributed by atoms with van der Waals surface area (Å²) in [6.07, 6.45) is 1.13. The number of nitrogens with zero attached hydrogens (tertiary/aromatic N) is 2. The maximum absolute atomic E-state index is 14.0. The van der Waals surface area contributed by atoms with Crippen molar-refractivity contribution in [2.45, 2.75) is 13.3 Å². The zero-order chi connectivity index (χ0) is 18.3. The zero-order valence-electron chi connectivity index (χ0n) is 14.7. The number of carbonyl (C=O) groups is 2. The molecule has 1 aromatic carbocycles. The number of hydrogen-bond acceptors (Lipinski definition) is 6. The van der Waals surface area contributed by atoms with E-state index in [9.17, 15) is 28.2 Å². The van der Waals surface area contributed by atoms with Gasteiger partial charge in [0.1, 0.15) is 11.5 Å². The maximum Gasteiger partial charge on any atom is 1.00 e. The van der Waals surface area contributed by atoms with Crippen LogP contribution in [0.15, 0.2) is 23.7 Å². The molecule has 2 heterocycles. The molecule has 0 spiro atoms. The molecule has 0 fully saturated rings. The summed E-state index contributed by atoms with van der Waals surface area (Å²) in [6.45, 7) is 1.65. The Hall–Kier alpha value is -0.0600. The molecule has 0 unspecified atom stereocenters. The molecule has 0 aliphatic rings. The normalized spacial score (nSPS) is 10.6. The SMILES string of the molecule is CCC(=O)c1csc(C(=O)c2cn(P([O-])[O-])c3c(F)cc(F)cc23)n1.[Na+].[Na+]. The Bertz CT molecular complexity index is 1010. The van der Waals surface area contributed by atoms with Crippen LogP contribution in [0.3, 0.4) is 0 Å². The van der Waals surface area contributed by atoms with Crippen LogP contribution in [-0.2, 0) is 0 Å². The first-order chi connectivity index (χ1) is 11.8. The Morgan fingerprint density at radius 1 is 1.26 bits per heavy atom. The second-order valence-electron chi connectivity index (χ2n) is 5.05. The van der Waals surface area contributed by atoms with Crippen LogP contribution in [0.4, 0.5) is 8.78 Å². The number of aromatic nitrogens is 2. The Morgan fingerprint density at radius 3 is 2.52 bits per heavy atom. The molecule has 6 nitrogen and oxygen atoms in total. The fourth-order valence-electron chi connectivity index (χ4n) is 2.37. The van der Waals surface area contributed by atoms with E-state index in [4.69, 9.17) is 0 Å². The third-order valence-electron chi connectivity index (χ3n) is 3.52. The zero-order valence-corrected chi connectivity index (χ0v) is 20.4. The molecule has 27 heavy (non-hydrogen) atoms. The van der Waals surface area contributed by atoms with Gasteiger partial charge in [-0.15, -0.1) is 11.3 Å². The number of thiazole rings is 1. The Labute approximate surface area is 202 Å². The van der Waals surface area contributed by atoms with Gasteiger partial charge in [0.2, 0.25) is 5.78 Å². The fourth-order valence-corrected chi connectivity index (χ4v) is 3.72. The van der Waals surface area contributed by atoms with Gasteiger partial charge >= 0.3 is 59.1 Å². The Kier molecular flexibility index (Phi) is 9.36. The summed E-state index contributed by atoms with van der Waals surface area (Å²) in [5.41, 5.74) is -0.508. The van der Waals surface area contributed by atoms with E-state index in [0.717, 1.165) is 23.6 Å². The fraction of sp³-hybridized carbons (Fsp3) is 0.133. The van der Waals surface area contributed by atoms with Crippen molar-refractivity contribution in [3.63, 3.8) is 0 Å². The number of ketones is 2. The summed E-state index contributed by atoms with van der Waals surface area (Å²) in [5, 5.41) is 1.16. The number of Topliss-reactive ketones (excluding diaryl/α,β-unsaturated/α-hetero) is 1. The standard InChI is InChI=1S/C15H9F2N2O4PS.2Na/c1-2-12(20)11-6-25-15(18-11)14(21)9-5-19(24(22)23)13-8(9)3-7(16)4-10(13)17;;/h3-6H,2H2,1H3;;/q-2;2*+1. The van der Waals surface area contributed by atoms with Crippen molar-refractivity contribution in [1.82, 2.24) is 9.32 Å². The number of carbonyl (C=O) groups excluding carboxylic acids is 2. The molecule has 3 rings (SSSR count). The molecule has 0 atom stereocenters. The van der Waals surface area contributed by atoms with Gasteiger partial charge in [-0.1, -0.05) is 6.92 Å². The molecule has 0 bridgehead atoms. The van der Waals surface area contributed by atoms with E-state index in [1.807, 2.05) is 0 Å². The van der Waals surface area contributed by atoms with Gasteiger partial charge in [0.25, 0.3) is 0 Å². The van der Waals surface area contributed by atoms with Crippen LogP contribution in [-0.4, -0.2) is 20.9 Å². The first-order valence-electron chi connectivity index (χ1n) is 7.01. The van der Waals surface area contributed by atoms with Crippen molar-refractivity contribution in [3.05, 3.63) is 51.6 Å². The second kappa shape index (κ2) is 10.1. The minimum Gasteiger partial charge on any atom is -0.825 e. The molecule has 0 N–H and O–H groups in total. The summed E-state index contributed by atoms with van der Waals surface area (Å²) >= 11 is 0.902. The van der Waals surface area contributed by atoms with Crippen molar-refractivity contribution in [3.8, 4) is 0 Å². The molecule has 2 aromatic heterocycles. The number of rotatable bonds is 5. The van der Waals surface area contributed by atoms with Crippen LogP contribution >= 0.6 is 19.9 Å².